The Balaban J connectivity index is 1.74. The summed E-state index contributed by atoms with van der Waals surface area (Å²) in [6.45, 7) is 6.27. The Hall–Kier alpha value is -2.50. The van der Waals surface area contributed by atoms with Crippen molar-refractivity contribution in [2.75, 3.05) is 6.61 Å². The van der Waals surface area contributed by atoms with Crippen LogP contribution in [0.4, 0.5) is 4.79 Å². The number of benzene rings is 1. The summed E-state index contributed by atoms with van der Waals surface area (Å²) < 4.78 is 7.37. The summed E-state index contributed by atoms with van der Waals surface area (Å²) in [5.74, 6) is 0.799. The Labute approximate surface area is 136 Å². The molecule has 6 heteroatoms. The van der Waals surface area contributed by atoms with Gasteiger partial charge in [0.2, 0.25) is 0 Å². The molecule has 124 valence electrons. The monoisotopic (exact) mass is 316 g/mol. The largest absolute Gasteiger partial charge is 0.491 e. The number of aromatic nitrogens is 2. The van der Waals surface area contributed by atoms with Crippen LogP contribution in [0.5, 0.6) is 5.75 Å². The average Bonchev–Trinajstić information content (AvgIpc) is 2.93. The zero-order valence-electron chi connectivity index (χ0n) is 14.0. The van der Waals surface area contributed by atoms with Crippen LogP contribution in [0.1, 0.15) is 31.0 Å². The number of ether oxygens (including phenoxy) is 1. The molecule has 6 nitrogen and oxygen atoms in total. The van der Waals surface area contributed by atoms with E-state index in [0.717, 1.165) is 11.3 Å². The third kappa shape index (κ3) is 5.32. The van der Waals surface area contributed by atoms with Gasteiger partial charge < -0.3 is 15.4 Å². The Morgan fingerprint density at radius 1 is 1.26 bits per heavy atom. The standard InChI is InChI=1S/C17H24N4O2/c1-12-5-7-16(8-6-12)23-11-13(2)19-17(22)20-14(3)15-9-18-21(4)10-15/h5-10,13-14H,11H2,1-4H3,(H2,19,20,22)/t13-,14-/m0/s1. The minimum absolute atomic E-state index is 0.0996. The number of rotatable bonds is 6. The molecular weight excluding hydrogens is 292 g/mol. The third-order valence-electron chi connectivity index (χ3n) is 3.47. The number of amides is 2. The SMILES string of the molecule is Cc1ccc(OC[C@H](C)NC(=O)N[C@@H](C)c2cnn(C)c2)cc1. The molecule has 0 spiro atoms. The maximum Gasteiger partial charge on any atom is 0.315 e. The molecule has 1 aromatic heterocycles. The number of urea groups is 1. The molecule has 0 radical (unpaired) electrons. The Morgan fingerprint density at radius 3 is 2.57 bits per heavy atom. The highest BCUT2D eigenvalue weighted by Gasteiger charge is 2.13. The lowest BCUT2D eigenvalue weighted by molar-refractivity contribution is 0.224. The molecule has 2 atom stereocenters. The first-order valence-corrected chi connectivity index (χ1v) is 7.69. The minimum atomic E-state index is -0.221. The van der Waals surface area contributed by atoms with Gasteiger partial charge in [-0.3, -0.25) is 4.68 Å². The van der Waals surface area contributed by atoms with Crippen LogP contribution in [0, 0.1) is 6.92 Å². The van der Waals surface area contributed by atoms with Gasteiger partial charge in [-0.25, -0.2) is 4.79 Å². The van der Waals surface area contributed by atoms with E-state index in [1.807, 2.05) is 58.3 Å². The number of carbonyl (C=O) groups excluding carboxylic acids is 1. The molecule has 0 bridgehead atoms. The van der Waals surface area contributed by atoms with E-state index in [1.165, 1.54) is 5.56 Å². The molecular formula is C17H24N4O2. The molecule has 0 aliphatic rings. The summed E-state index contributed by atoms with van der Waals surface area (Å²) in [7, 11) is 1.85. The van der Waals surface area contributed by atoms with Crippen molar-refractivity contribution < 1.29 is 9.53 Å². The van der Waals surface area contributed by atoms with Crippen molar-refractivity contribution in [2.24, 2.45) is 7.05 Å². The molecule has 2 N–H and O–H groups in total. The van der Waals surface area contributed by atoms with Crippen LogP contribution in [-0.2, 0) is 7.05 Å². The number of nitrogens with zero attached hydrogens (tertiary/aromatic N) is 2. The van der Waals surface area contributed by atoms with E-state index in [2.05, 4.69) is 15.7 Å². The van der Waals surface area contributed by atoms with Crippen LogP contribution in [0.25, 0.3) is 0 Å². The van der Waals surface area contributed by atoms with Crippen LogP contribution < -0.4 is 15.4 Å². The van der Waals surface area contributed by atoms with Crippen molar-refractivity contribution in [1.82, 2.24) is 20.4 Å². The van der Waals surface area contributed by atoms with Gasteiger partial charge in [-0.1, -0.05) is 17.7 Å². The predicted molar refractivity (Wildman–Crippen MR) is 89.4 cm³/mol. The van der Waals surface area contributed by atoms with Crippen molar-refractivity contribution >= 4 is 6.03 Å². The molecule has 23 heavy (non-hydrogen) atoms. The molecule has 1 heterocycles. The summed E-state index contributed by atoms with van der Waals surface area (Å²) in [5.41, 5.74) is 2.15. The van der Waals surface area contributed by atoms with Gasteiger partial charge in [-0.2, -0.15) is 5.10 Å². The van der Waals surface area contributed by atoms with Gasteiger partial charge >= 0.3 is 6.03 Å². The lowest BCUT2D eigenvalue weighted by Gasteiger charge is -2.18. The summed E-state index contributed by atoms with van der Waals surface area (Å²) in [6, 6.07) is 7.41. The summed E-state index contributed by atoms with van der Waals surface area (Å²) in [4.78, 5) is 12.0. The molecule has 0 aliphatic heterocycles. The zero-order valence-corrected chi connectivity index (χ0v) is 14.0. The molecule has 0 unspecified atom stereocenters. The summed E-state index contributed by atoms with van der Waals surface area (Å²) in [5, 5.41) is 9.85. The first-order chi connectivity index (χ1) is 10.9. The van der Waals surface area contributed by atoms with E-state index in [0.29, 0.717) is 6.61 Å². The zero-order chi connectivity index (χ0) is 16.8. The van der Waals surface area contributed by atoms with Gasteiger partial charge in [0.05, 0.1) is 18.3 Å². The highest BCUT2D eigenvalue weighted by atomic mass is 16.5. The van der Waals surface area contributed by atoms with Crippen LogP contribution in [0.3, 0.4) is 0 Å². The van der Waals surface area contributed by atoms with Gasteiger partial charge in [0.25, 0.3) is 0 Å². The normalized spacial score (nSPS) is 13.2. The Morgan fingerprint density at radius 2 is 1.96 bits per heavy atom. The number of hydrogen-bond acceptors (Lipinski definition) is 3. The molecule has 0 saturated heterocycles. The average molecular weight is 316 g/mol. The highest BCUT2D eigenvalue weighted by molar-refractivity contribution is 5.74. The van der Waals surface area contributed by atoms with Gasteiger partial charge in [-0.05, 0) is 32.9 Å². The second-order valence-electron chi connectivity index (χ2n) is 5.81. The van der Waals surface area contributed by atoms with Gasteiger partial charge in [0.1, 0.15) is 12.4 Å². The fourth-order valence-corrected chi connectivity index (χ4v) is 2.11. The Bertz CT molecular complexity index is 636. The van der Waals surface area contributed by atoms with Gasteiger partial charge in [0, 0.05) is 18.8 Å². The first kappa shape index (κ1) is 16.9. The second kappa shape index (κ2) is 7.67. The summed E-state index contributed by atoms with van der Waals surface area (Å²) >= 11 is 0. The van der Waals surface area contributed by atoms with E-state index in [-0.39, 0.29) is 18.1 Å². The van der Waals surface area contributed by atoms with E-state index in [4.69, 9.17) is 4.74 Å². The number of carbonyl (C=O) groups is 1. The second-order valence-corrected chi connectivity index (χ2v) is 5.81. The van der Waals surface area contributed by atoms with Crippen molar-refractivity contribution in [2.45, 2.75) is 32.9 Å². The van der Waals surface area contributed by atoms with Crippen molar-refractivity contribution in [3.8, 4) is 5.75 Å². The molecule has 0 fully saturated rings. The van der Waals surface area contributed by atoms with E-state index in [1.54, 1.807) is 10.9 Å². The fourth-order valence-electron chi connectivity index (χ4n) is 2.11. The van der Waals surface area contributed by atoms with Crippen LogP contribution >= 0.6 is 0 Å². The fraction of sp³-hybridized carbons (Fsp3) is 0.412. The van der Waals surface area contributed by atoms with Gasteiger partial charge in [0.15, 0.2) is 0 Å². The summed E-state index contributed by atoms with van der Waals surface area (Å²) in [6.07, 6.45) is 3.63. The number of aryl methyl sites for hydroxylation is 2. The van der Waals surface area contributed by atoms with E-state index < -0.39 is 0 Å². The molecule has 0 aliphatic carbocycles. The van der Waals surface area contributed by atoms with Crippen LogP contribution in [0.15, 0.2) is 36.7 Å². The third-order valence-corrected chi connectivity index (χ3v) is 3.47. The smallest absolute Gasteiger partial charge is 0.315 e. The lowest BCUT2D eigenvalue weighted by atomic mass is 10.2. The predicted octanol–water partition coefficient (Wildman–Crippen LogP) is 2.56. The molecule has 2 amide bonds. The molecule has 0 saturated carbocycles. The first-order valence-electron chi connectivity index (χ1n) is 7.69. The van der Waals surface area contributed by atoms with Crippen molar-refractivity contribution in [1.29, 1.82) is 0 Å². The topological polar surface area (TPSA) is 68.2 Å². The maximum absolute atomic E-state index is 12.0. The van der Waals surface area contributed by atoms with Gasteiger partial charge in [-0.15, -0.1) is 0 Å². The van der Waals surface area contributed by atoms with Crippen LogP contribution in [0.2, 0.25) is 0 Å². The minimum Gasteiger partial charge on any atom is -0.491 e. The highest BCUT2D eigenvalue weighted by Crippen LogP contribution is 2.12. The lowest BCUT2D eigenvalue weighted by Crippen LogP contribution is -2.44. The quantitative estimate of drug-likeness (QED) is 0.860. The van der Waals surface area contributed by atoms with Crippen molar-refractivity contribution in [3.63, 3.8) is 0 Å². The Kier molecular flexibility index (Phi) is 5.62. The van der Waals surface area contributed by atoms with E-state index in [9.17, 15) is 4.79 Å². The van der Waals surface area contributed by atoms with Crippen LogP contribution in [-0.4, -0.2) is 28.5 Å². The molecule has 1 aromatic carbocycles. The van der Waals surface area contributed by atoms with Crippen molar-refractivity contribution in [3.05, 3.63) is 47.8 Å². The number of nitrogens with one attached hydrogen (secondary N) is 2. The molecule has 2 aromatic rings. The van der Waals surface area contributed by atoms with E-state index >= 15 is 0 Å². The molecule has 2 rings (SSSR count). The number of hydrogen-bond donors (Lipinski definition) is 2. The maximum atomic E-state index is 12.0.